The molecule has 1 saturated carbocycles. The van der Waals surface area contributed by atoms with Crippen LogP contribution in [0.5, 0.6) is 0 Å². The predicted octanol–water partition coefficient (Wildman–Crippen LogP) is 3.63. The third-order valence-corrected chi connectivity index (χ3v) is 4.34. The van der Waals surface area contributed by atoms with E-state index in [1.54, 1.807) is 0 Å². The second-order valence-electron chi connectivity index (χ2n) is 5.81. The van der Waals surface area contributed by atoms with Crippen LogP contribution in [0.4, 0.5) is 0 Å². The van der Waals surface area contributed by atoms with Crippen molar-refractivity contribution in [2.45, 2.75) is 50.6 Å². The van der Waals surface area contributed by atoms with Gasteiger partial charge in [0.05, 0.1) is 18.1 Å². The van der Waals surface area contributed by atoms with Crippen molar-refractivity contribution in [3.63, 3.8) is 0 Å². The molecule has 20 heavy (non-hydrogen) atoms. The van der Waals surface area contributed by atoms with Crippen molar-refractivity contribution in [3.8, 4) is 0 Å². The van der Waals surface area contributed by atoms with Gasteiger partial charge in [0.15, 0.2) is 0 Å². The maximum atomic E-state index is 6.42. The highest BCUT2D eigenvalue weighted by Gasteiger charge is 2.20. The third-order valence-electron chi connectivity index (χ3n) is 4.34. The maximum absolute atomic E-state index is 6.42. The maximum Gasteiger partial charge on any atom is 0.0951 e. The number of benzene rings is 1. The molecule has 1 aromatic carbocycles. The zero-order valence-corrected chi connectivity index (χ0v) is 11.9. The van der Waals surface area contributed by atoms with Crippen LogP contribution < -0.4 is 5.73 Å². The topological polar surface area (TPSA) is 43.8 Å². The fourth-order valence-corrected chi connectivity index (χ4v) is 3.24. The fourth-order valence-electron chi connectivity index (χ4n) is 3.24. The number of imidazole rings is 1. The molecule has 0 bridgehead atoms. The van der Waals surface area contributed by atoms with Crippen LogP contribution in [0.15, 0.2) is 42.9 Å². The number of nitrogens with zero attached hydrogens (tertiary/aromatic N) is 2. The van der Waals surface area contributed by atoms with Gasteiger partial charge in [-0.15, -0.1) is 0 Å². The SMILES string of the molecule is N[C@H](Cc1ccccc1)c1cncn1C1CCCCC1. The van der Waals surface area contributed by atoms with E-state index in [0.717, 1.165) is 6.42 Å². The molecule has 1 aliphatic rings. The van der Waals surface area contributed by atoms with Gasteiger partial charge in [0.1, 0.15) is 0 Å². The largest absolute Gasteiger partial charge is 0.330 e. The summed E-state index contributed by atoms with van der Waals surface area (Å²) in [5.74, 6) is 0. The summed E-state index contributed by atoms with van der Waals surface area (Å²) in [4.78, 5) is 4.34. The molecule has 1 atom stereocenters. The molecule has 3 rings (SSSR count). The van der Waals surface area contributed by atoms with Crippen LogP contribution in [0.3, 0.4) is 0 Å². The molecule has 0 radical (unpaired) electrons. The van der Waals surface area contributed by atoms with Gasteiger partial charge >= 0.3 is 0 Å². The summed E-state index contributed by atoms with van der Waals surface area (Å²) in [7, 11) is 0. The number of hydrogen-bond acceptors (Lipinski definition) is 2. The van der Waals surface area contributed by atoms with Gasteiger partial charge in [0, 0.05) is 12.2 Å². The first-order valence-corrected chi connectivity index (χ1v) is 7.66. The molecule has 3 nitrogen and oxygen atoms in total. The second kappa shape index (κ2) is 6.23. The highest BCUT2D eigenvalue weighted by atomic mass is 15.1. The average Bonchev–Trinajstić information content (AvgIpc) is 2.99. The van der Waals surface area contributed by atoms with Crippen LogP contribution in [0, 0.1) is 0 Å². The summed E-state index contributed by atoms with van der Waals surface area (Å²) in [6, 6.07) is 11.1. The molecule has 2 aromatic rings. The lowest BCUT2D eigenvalue weighted by Crippen LogP contribution is -2.21. The van der Waals surface area contributed by atoms with Gasteiger partial charge in [0.25, 0.3) is 0 Å². The summed E-state index contributed by atoms with van der Waals surface area (Å²) >= 11 is 0. The van der Waals surface area contributed by atoms with Gasteiger partial charge in [-0.3, -0.25) is 0 Å². The molecule has 1 aromatic heterocycles. The van der Waals surface area contributed by atoms with Crippen LogP contribution in [0.25, 0.3) is 0 Å². The van der Waals surface area contributed by atoms with E-state index in [9.17, 15) is 0 Å². The summed E-state index contributed by atoms with van der Waals surface area (Å²) in [6.07, 6.45) is 11.4. The lowest BCUT2D eigenvalue weighted by molar-refractivity contribution is 0.342. The molecule has 1 heterocycles. The van der Waals surface area contributed by atoms with E-state index >= 15 is 0 Å². The molecule has 0 spiro atoms. The lowest BCUT2D eigenvalue weighted by Gasteiger charge is -2.26. The number of aromatic nitrogens is 2. The highest BCUT2D eigenvalue weighted by molar-refractivity contribution is 5.19. The third kappa shape index (κ3) is 2.93. The minimum Gasteiger partial charge on any atom is -0.330 e. The Labute approximate surface area is 120 Å². The van der Waals surface area contributed by atoms with E-state index in [1.807, 2.05) is 18.6 Å². The Morgan fingerprint density at radius 2 is 1.90 bits per heavy atom. The van der Waals surface area contributed by atoms with Crippen LogP contribution in [0.2, 0.25) is 0 Å². The Bertz CT molecular complexity index is 526. The Kier molecular flexibility index (Phi) is 4.16. The summed E-state index contributed by atoms with van der Waals surface area (Å²) in [5.41, 5.74) is 8.89. The van der Waals surface area contributed by atoms with Crippen LogP contribution >= 0.6 is 0 Å². The molecule has 0 saturated heterocycles. The molecule has 106 valence electrons. The van der Waals surface area contributed by atoms with Crippen molar-refractivity contribution in [1.82, 2.24) is 9.55 Å². The van der Waals surface area contributed by atoms with Crippen molar-refractivity contribution in [3.05, 3.63) is 54.1 Å². The van der Waals surface area contributed by atoms with E-state index in [1.165, 1.54) is 43.4 Å². The molecule has 0 unspecified atom stereocenters. The smallest absolute Gasteiger partial charge is 0.0951 e. The van der Waals surface area contributed by atoms with Crippen LogP contribution in [0.1, 0.15) is 55.4 Å². The van der Waals surface area contributed by atoms with E-state index in [4.69, 9.17) is 5.73 Å². The van der Waals surface area contributed by atoms with Gasteiger partial charge in [0.2, 0.25) is 0 Å². The van der Waals surface area contributed by atoms with Crippen molar-refractivity contribution >= 4 is 0 Å². The summed E-state index contributed by atoms with van der Waals surface area (Å²) in [6.45, 7) is 0. The van der Waals surface area contributed by atoms with Gasteiger partial charge in [-0.25, -0.2) is 4.98 Å². The van der Waals surface area contributed by atoms with Gasteiger partial charge < -0.3 is 10.3 Å². The number of hydrogen-bond donors (Lipinski definition) is 1. The molecule has 1 aliphatic carbocycles. The van der Waals surface area contributed by atoms with E-state index in [-0.39, 0.29) is 6.04 Å². The Balaban J connectivity index is 1.75. The first kappa shape index (κ1) is 13.4. The number of rotatable bonds is 4. The van der Waals surface area contributed by atoms with Gasteiger partial charge in [-0.05, 0) is 24.8 Å². The summed E-state index contributed by atoms with van der Waals surface area (Å²) in [5, 5.41) is 0. The molecule has 2 N–H and O–H groups in total. The van der Waals surface area contributed by atoms with E-state index in [2.05, 4.69) is 33.8 Å². The summed E-state index contributed by atoms with van der Waals surface area (Å²) < 4.78 is 2.33. The first-order chi connectivity index (χ1) is 9.84. The van der Waals surface area contributed by atoms with E-state index in [0.29, 0.717) is 6.04 Å². The Morgan fingerprint density at radius 1 is 1.15 bits per heavy atom. The van der Waals surface area contributed by atoms with Crippen molar-refractivity contribution in [2.24, 2.45) is 5.73 Å². The van der Waals surface area contributed by atoms with Crippen LogP contribution in [-0.2, 0) is 6.42 Å². The zero-order chi connectivity index (χ0) is 13.8. The fraction of sp³-hybridized carbons (Fsp3) is 0.471. The van der Waals surface area contributed by atoms with Crippen molar-refractivity contribution in [2.75, 3.05) is 0 Å². The molecule has 0 amide bonds. The minimum atomic E-state index is 0.0295. The van der Waals surface area contributed by atoms with Crippen LogP contribution in [-0.4, -0.2) is 9.55 Å². The quantitative estimate of drug-likeness (QED) is 0.921. The minimum absolute atomic E-state index is 0.0295. The monoisotopic (exact) mass is 269 g/mol. The molecular formula is C17H23N3. The molecule has 3 heteroatoms. The normalized spacial score (nSPS) is 18.1. The molecule has 0 aliphatic heterocycles. The average molecular weight is 269 g/mol. The first-order valence-electron chi connectivity index (χ1n) is 7.66. The number of nitrogens with two attached hydrogens (primary N) is 1. The van der Waals surface area contributed by atoms with Crippen molar-refractivity contribution in [1.29, 1.82) is 0 Å². The zero-order valence-electron chi connectivity index (χ0n) is 11.9. The van der Waals surface area contributed by atoms with Gasteiger partial charge in [-0.2, -0.15) is 0 Å². The standard InChI is InChI=1S/C17H23N3/c18-16(11-14-7-3-1-4-8-14)17-12-19-13-20(17)15-9-5-2-6-10-15/h1,3-4,7-8,12-13,15-16H,2,5-6,9-11,18H2/t16-/m1/s1. The lowest BCUT2D eigenvalue weighted by atomic mass is 9.94. The highest BCUT2D eigenvalue weighted by Crippen LogP contribution is 2.30. The second-order valence-corrected chi connectivity index (χ2v) is 5.81. The predicted molar refractivity (Wildman–Crippen MR) is 81.4 cm³/mol. The molecule has 1 fully saturated rings. The molecular weight excluding hydrogens is 246 g/mol. The van der Waals surface area contributed by atoms with Gasteiger partial charge in [-0.1, -0.05) is 49.6 Å². The van der Waals surface area contributed by atoms with E-state index < -0.39 is 0 Å². The Hall–Kier alpha value is -1.61. The van der Waals surface area contributed by atoms with Crippen molar-refractivity contribution < 1.29 is 0 Å². The Morgan fingerprint density at radius 3 is 2.65 bits per heavy atom.